The minimum absolute atomic E-state index is 0.0147. The maximum atomic E-state index is 12.5. The number of carbonyl (C=O) groups excluding carboxylic acids is 1. The standard InChI is InChI=1S/C15H16O3S/c1-10-4-5-14(18-9-17-3)13(6-10)15(16)12-7-11(2)19-8-12/h4-8H,9H2,1-3H3. The van der Waals surface area contributed by atoms with Gasteiger partial charge in [-0.25, -0.2) is 0 Å². The third-order valence-electron chi connectivity index (χ3n) is 2.70. The number of rotatable bonds is 5. The van der Waals surface area contributed by atoms with Gasteiger partial charge in [0.15, 0.2) is 12.6 Å². The Morgan fingerprint density at radius 2 is 2.05 bits per heavy atom. The van der Waals surface area contributed by atoms with E-state index in [1.54, 1.807) is 24.5 Å². The van der Waals surface area contributed by atoms with Crippen LogP contribution in [0.15, 0.2) is 29.6 Å². The maximum Gasteiger partial charge on any atom is 0.197 e. The molecule has 1 aromatic carbocycles. The summed E-state index contributed by atoms with van der Waals surface area (Å²) in [6.45, 7) is 4.07. The Labute approximate surface area is 116 Å². The SMILES string of the molecule is COCOc1ccc(C)cc1C(=O)c1csc(C)c1. The van der Waals surface area contributed by atoms with E-state index in [0.29, 0.717) is 16.9 Å². The molecule has 0 radical (unpaired) electrons. The van der Waals surface area contributed by atoms with Crippen LogP contribution in [0.2, 0.25) is 0 Å². The van der Waals surface area contributed by atoms with Crippen LogP contribution in [0.25, 0.3) is 0 Å². The monoisotopic (exact) mass is 276 g/mol. The first-order valence-electron chi connectivity index (χ1n) is 5.94. The van der Waals surface area contributed by atoms with E-state index in [-0.39, 0.29) is 12.6 Å². The number of ketones is 1. The Hall–Kier alpha value is -1.65. The van der Waals surface area contributed by atoms with Crippen LogP contribution >= 0.6 is 11.3 Å². The first kappa shape index (κ1) is 13.8. The molecule has 1 aromatic heterocycles. The Balaban J connectivity index is 2.36. The van der Waals surface area contributed by atoms with Crippen molar-refractivity contribution in [2.45, 2.75) is 13.8 Å². The smallest absolute Gasteiger partial charge is 0.197 e. The van der Waals surface area contributed by atoms with E-state index in [0.717, 1.165) is 10.4 Å². The van der Waals surface area contributed by atoms with Gasteiger partial charge in [-0.3, -0.25) is 4.79 Å². The predicted molar refractivity (Wildman–Crippen MR) is 76.2 cm³/mol. The molecular formula is C15H16O3S. The minimum atomic E-state index is -0.0147. The fourth-order valence-electron chi connectivity index (χ4n) is 1.79. The lowest BCUT2D eigenvalue weighted by Crippen LogP contribution is -2.07. The summed E-state index contributed by atoms with van der Waals surface area (Å²) in [6, 6.07) is 7.47. The summed E-state index contributed by atoms with van der Waals surface area (Å²) in [4.78, 5) is 13.6. The molecule has 0 bridgehead atoms. The summed E-state index contributed by atoms with van der Waals surface area (Å²) in [7, 11) is 1.55. The molecule has 0 N–H and O–H groups in total. The number of hydrogen-bond donors (Lipinski definition) is 0. The topological polar surface area (TPSA) is 35.5 Å². The van der Waals surface area contributed by atoms with Gasteiger partial charge < -0.3 is 9.47 Å². The Morgan fingerprint density at radius 3 is 2.68 bits per heavy atom. The van der Waals surface area contributed by atoms with Crippen molar-refractivity contribution in [2.24, 2.45) is 0 Å². The summed E-state index contributed by atoms with van der Waals surface area (Å²) in [5, 5.41) is 1.88. The lowest BCUT2D eigenvalue weighted by atomic mass is 10.0. The second kappa shape index (κ2) is 5.99. The van der Waals surface area contributed by atoms with E-state index in [1.807, 2.05) is 37.4 Å². The number of methoxy groups -OCH3 is 1. The van der Waals surface area contributed by atoms with E-state index in [2.05, 4.69) is 0 Å². The Morgan fingerprint density at radius 1 is 1.26 bits per heavy atom. The third kappa shape index (κ3) is 3.22. The summed E-state index contributed by atoms with van der Waals surface area (Å²) in [5.41, 5.74) is 2.31. The van der Waals surface area contributed by atoms with Gasteiger partial charge in [0.25, 0.3) is 0 Å². The number of thiophene rings is 1. The molecule has 2 rings (SSSR count). The van der Waals surface area contributed by atoms with Crippen LogP contribution in [0.3, 0.4) is 0 Å². The molecule has 0 aliphatic heterocycles. The molecule has 0 atom stereocenters. The number of benzene rings is 1. The highest BCUT2D eigenvalue weighted by molar-refractivity contribution is 7.10. The summed E-state index contributed by atoms with van der Waals surface area (Å²) in [6.07, 6.45) is 0. The predicted octanol–water partition coefficient (Wildman–Crippen LogP) is 3.58. The van der Waals surface area contributed by atoms with Gasteiger partial charge in [0, 0.05) is 22.9 Å². The van der Waals surface area contributed by atoms with E-state index >= 15 is 0 Å². The van der Waals surface area contributed by atoms with Crippen molar-refractivity contribution in [1.29, 1.82) is 0 Å². The van der Waals surface area contributed by atoms with Crippen LogP contribution in [0, 0.1) is 13.8 Å². The quantitative estimate of drug-likeness (QED) is 0.618. The molecular weight excluding hydrogens is 260 g/mol. The second-order valence-electron chi connectivity index (χ2n) is 4.33. The van der Waals surface area contributed by atoms with Gasteiger partial charge in [0.1, 0.15) is 5.75 Å². The third-order valence-corrected chi connectivity index (χ3v) is 3.57. The van der Waals surface area contributed by atoms with E-state index < -0.39 is 0 Å². The molecule has 2 aromatic rings. The van der Waals surface area contributed by atoms with Gasteiger partial charge in [-0.05, 0) is 32.0 Å². The zero-order chi connectivity index (χ0) is 13.8. The fourth-order valence-corrected chi connectivity index (χ4v) is 2.47. The zero-order valence-electron chi connectivity index (χ0n) is 11.2. The van der Waals surface area contributed by atoms with Gasteiger partial charge in [-0.1, -0.05) is 11.6 Å². The molecule has 0 fully saturated rings. The van der Waals surface area contributed by atoms with Gasteiger partial charge in [-0.2, -0.15) is 0 Å². The Bertz CT molecular complexity index is 587. The maximum absolute atomic E-state index is 12.5. The van der Waals surface area contributed by atoms with Crippen LogP contribution < -0.4 is 4.74 Å². The van der Waals surface area contributed by atoms with Crippen molar-refractivity contribution >= 4 is 17.1 Å². The normalized spacial score (nSPS) is 10.5. The molecule has 0 aliphatic carbocycles. The average molecular weight is 276 g/mol. The molecule has 0 amide bonds. The highest BCUT2D eigenvalue weighted by atomic mass is 32.1. The van der Waals surface area contributed by atoms with Crippen molar-refractivity contribution in [3.8, 4) is 5.75 Å². The van der Waals surface area contributed by atoms with Gasteiger partial charge in [0.2, 0.25) is 0 Å². The molecule has 19 heavy (non-hydrogen) atoms. The van der Waals surface area contributed by atoms with Crippen molar-refractivity contribution < 1.29 is 14.3 Å². The van der Waals surface area contributed by atoms with E-state index in [9.17, 15) is 4.79 Å². The fraction of sp³-hybridized carbons (Fsp3) is 0.267. The lowest BCUT2D eigenvalue weighted by molar-refractivity contribution is 0.0503. The minimum Gasteiger partial charge on any atom is -0.467 e. The molecule has 0 saturated heterocycles. The lowest BCUT2D eigenvalue weighted by Gasteiger charge is -2.10. The van der Waals surface area contributed by atoms with Gasteiger partial charge in [-0.15, -0.1) is 11.3 Å². The number of aryl methyl sites for hydroxylation is 2. The first-order valence-corrected chi connectivity index (χ1v) is 6.82. The molecule has 4 heteroatoms. The number of hydrogen-bond acceptors (Lipinski definition) is 4. The largest absolute Gasteiger partial charge is 0.467 e. The van der Waals surface area contributed by atoms with Crippen LogP contribution in [0.1, 0.15) is 26.4 Å². The molecule has 0 spiro atoms. The highest BCUT2D eigenvalue weighted by Crippen LogP contribution is 2.25. The number of carbonyl (C=O) groups is 1. The van der Waals surface area contributed by atoms with Gasteiger partial charge in [0.05, 0.1) is 5.56 Å². The van der Waals surface area contributed by atoms with Crippen molar-refractivity contribution in [3.05, 3.63) is 51.2 Å². The van der Waals surface area contributed by atoms with E-state index in [1.165, 1.54) is 0 Å². The summed E-state index contributed by atoms with van der Waals surface area (Å²) < 4.78 is 10.3. The number of ether oxygens (including phenoxy) is 2. The second-order valence-corrected chi connectivity index (χ2v) is 5.44. The van der Waals surface area contributed by atoms with Crippen LogP contribution in [0.5, 0.6) is 5.75 Å². The van der Waals surface area contributed by atoms with Gasteiger partial charge >= 0.3 is 0 Å². The van der Waals surface area contributed by atoms with Crippen molar-refractivity contribution in [1.82, 2.24) is 0 Å². The van der Waals surface area contributed by atoms with E-state index in [4.69, 9.17) is 9.47 Å². The highest BCUT2D eigenvalue weighted by Gasteiger charge is 2.16. The first-order chi connectivity index (χ1) is 9.11. The van der Waals surface area contributed by atoms with Crippen LogP contribution in [-0.2, 0) is 4.74 Å². The summed E-state index contributed by atoms with van der Waals surface area (Å²) in [5.74, 6) is 0.542. The molecule has 1 heterocycles. The molecule has 0 saturated carbocycles. The molecule has 0 aliphatic rings. The zero-order valence-corrected chi connectivity index (χ0v) is 12.0. The van der Waals surface area contributed by atoms with Crippen LogP contribution in [0.4, 0.5) is 0 Å². The van der Waals surface area contributed by atoms with Crippen molar-refractivity contribution in [2.75, 3.05) is 13.9 Å². The van der Waals surface area contributed by atoms with Crippen LogP contribution in [-0.4, -0.2) is 19.7 Å². The Kier molecular flexibility index (Phi) is 4.35. The molecule has 3 nitrogen and oxygen atoms in total. The summed E-state index contributed by atoms with van der Waals surface area (Å²) >= 11 is 1.57. The van der Waals surface area contributed by atoms with Crippen molar-refractivity contribution in [3.63, 3.8) is 0 Å². The molecule has 100 valence electrons. The molecule has 0 unspecified atom stereocenters. The average Bonchev–Trinajstić information content (AvgIpc) is 2.83.